The van der Waals surface area contributed by atoms with Gasteiger partial charge in [0.25, 0.3) is 0 Å². The molecular formula is C24H26BClN6O. The molecule has 0 radical (unpaired) electrons. The predicted molar refractivity (Wildman–Crippen MR) is 138 cm³/mol. The van der Waals surface area contributed by atoms with Crippen LogP contribution >= 0.6 is 11.6 Å². The molecule has 0 spiro atoms. The fourth-order valence-corrected chi connectivity index (χ4v) is 3.80. The van der Waals surface area contributed by atoms with Gasteiger partial charge in [0.05, 0.1) is 5.69 Å². The number of anilines is 2. The summed E-state index contributed by atoms with van der Waals surface area (Å²) >= 11 is 6.41. The summed E-state index contributed by atoms with van der Waals surface area (Å²) in [6.45, 7) is 3.25. The van der Waals surface area contributed by atoms with Crippen LogP contribution in [-0.2, 0) is 0 Å². The van der Waals surface area contributed by atoms with Crippen molar-refractivity contribution >= 4 is 48.1 Å². The maximum Gasteiger partial charge on any atom is 0.321 e. The van der Waals surface area contributed by atoms with Gasteiger partial charge < -0.3 is 15.5 Å². The summed E-state index contributed by atoms with van der Waals surface area (Å²) in [5.41, 5.74) is 5.29. The minimum Gasteiger partial charge on any atom is -0.370 e. The second-order valence-corrected chi connectivity index (χ2v) is 8.42. The van der Waals surface area contributed by atoms with Gasteiger partial charge in [-0.05, 0) is 36.5 Å². The first-order valence-corrected chi connectivity index (χ1v) is 11.2. The summed E-state index contributed by atoms with van der Waals surface area (Å²) in [5, 5.41) is 11.5. The Hall–Kier alpha value is -3.52. The maximum atomic E-state index is 12.5. The fraction of sp³-hybridized carbons (Fsp3) is 0.208. The molecule has 2 heterocycles. The summed E-state index contributed by atoms with van der Waals surface area (Å²) in [5.74, 6) is 0.829. The molecule has 7 nitrogen and oxygen atoms in total. The zero-order valence-electron chi connectivity index (χ0n) is 19.0. The number of amides is 2. The number of nitrogens with one attached hydrogen (secondary N) is 2. The van der Waals surface area contributed by atoms with Crippen molar-refractivity contribution in [3.63, 3.8) is 0 Å². The molecule has 0 fully saturated rings. The van der Waals surface area contributed by atoms with Crippen LogP contribution in [0.1, 0.15) is 12.0 Å². The Morgan fingerprint density at radius 3 is 2.73 bits per heavy atom. The smallest absolute Gasteiger partial charge is 0.321 e. The Labute approximate surface area is 199 Å². The first kappa shape index (κ1) is 22.7. The van der Waals surface area contributed by atoms with Gasteiger partial charge >= 0.3 is 6.03 Å². The molecule has 0 atom stereocenters. The number of aryl methyl sites for hydroxylation is 1. The van der Waals surface area contributed by atoms with Crippen molar-refractivity contribution < 1.29 is 4.79 Å². The van der Waals surface area contributed by atoms with E-state index in [-0.39, 0.29) is 6.03 Å². The predicted octanol–water partition coefficient (Wildman–Crippen LogP) is 3.58. The van der Waals surface area contributed by atoms with Crippen LogP contribution in [0.15, 0.2) is 60.8 Å². The number of aromatic nitrogens is 3. The lowest BCUT2D eigenvalue weighted by molar-refractivity contribution is 0.222. The Bertz CT molecular complexity index is 1290. The van der Waals surface area contributed by atoms with Crippen molar-refractivity contribution in [3.05, 3.63) is 71.4 Å². The molecule has 0 aliphatic heterocycles. The van der Waals surface area contributed by atoms with Crippen molar-refractivity contribution in [2.24, 2.45) is 0 Å². The van der Waals surface area contributed by atoms with Crippen LogP contribution in [0.2, 0.25) is 5.02 Å². The van der Waals surface area contributed by atoms with Gasteiger partial charge in [-0.15, -0.1) is 0 Å². The third-order valence-corrected chi connectivity index (χ3v) is 5.84. The van der Waals surface area contributed by atoms with E-state index in [1.807, 2.05) is 69.4 Å². The topological polar surface area (TPSA) is 74.6 Å². The molecule has 2 N–H and O–H groups in total. The van der Waals surface area contributed by atoms with Crippen LogP contribution in [0.5, 0.6) is 0 Å². The van der Waals surface area contributed by atoms with E-state index in [0.29, 0.717) is 18.1 Å². The fourth-order valence-electron chi connectivity index (χ4n) is 3.56. The number of rotatable bonds is 7. The van der Waals surface area contributed by atoms with Gasteiger partial charge in [0.2, 0.25) is 0 Å². The molecule has 0 bridgehead atoms. The molecule has 0 aliphatic carbocycles. The number of benzene rings is 2. The third kappa shape index (κ3) is 5.12. The molecule has 33 heavy (non-hydrogen) atoms. The van der Waals surface area contributed by atoms with E-state index in [4.69, 9.17) is 16.6 Å². The number of nitrogens with zero attached hydrogens (tertiary/aromatic N) is 4. The van der Waals surface area contributed by atoms with Gasteiger partial charge in [-0.1, -0.05) is 48.0 Å². The van der Waals surface area contributed by atoms with E-state index in [1.54, 1.807) is 22.7 Å². The van der Waals surface area contributed by atoms with Gasteiger partial charge in [0.1, 0.15) is 13.7 Å². The molecule has 9 heteroatoms. The average Bonchev–Trinajstić information content (AvgIpc) is 3.19. The van der Waals surface area contributed by atoms with Crippen LogP contribution in [-0.4, -0.2) is 53.5 Å². The standard InChI is InChI=1S/C24H26BClN6O/c1-16-8-3-6-11-20(16)30-24(33)31(2)13-7-12-27-22-14-21(17-9-4-5-10-19(17)26)29-23-18(25)15-28-32(22)23/h3-6,8-11,14-15,27H,7,12-13,25H2,1-2H3,(H,30,33). The summed E-state index contributed by atoms with van der Waals surface area (Å²) < 4.78 is 1.80. The molecule has 0 unspecified atom stereocenters. The highest BCUT2D eigenvalue weighted by Gasteiger charge is 2.13. The molecule has 2 amide bonds. The van der Waals surface area contributed by atoms with Gasteiger partial charge in [-0.25, -0.2) is 9.78 Å². The highest BCUT2D eigenvalue weighted by molar-refractivity contribution is 6.36. The zero-order chi connectivity index (χ0) is 23.4. The second kappa shape index (κ2) is 9.96. The Balaban J connectivity index is 1.41. The lowest BCUT2D eigenvalue weighted by Gasteiger charge is -2.19. The van der Waals surface area contributed by atoms with E-state index in [9.17, 15) is 4.79 Å². The summed E-state index contributed by atoms with van der Waals surface area (Å²) in [6.07, 6.45) is 2.57. The van der Waals surface area contributed by atoms with Crippen molar-refractivity contribution in [3.8, 4) is 11.3 Å². The maximum absolute atomic E-state index is 12.5. The first-order chi connectivity index (χ1) is 15.9. The van der Waals surface area contributed by atoms with E-state index >= 15 is 0 Å². The molecule has 0 saturated heterocycles. The summed E-state index contributed by atoms with van der Waals surface area (Å²) in [4.78, 5) is 19.0. The summed E-state index contributed by atoms with van der Waals surface area (Å²) in [7, 11) is 3.78. The van der Waals surface area contributed by atoms with Gasteiger partial charge in [0.15, 0.2) is 5.65 Å². The van der Waals surface area contributed by atoms with E-state index in [1.165, 1.54) is 0 Å². The zero-order valence-corrected chi connectivity index (χ0v) is 19.7. The van der Waals surface area contributed by atoms with Crippen LogP contribution in [0.3, 0.4) is 0 Å². The van der Waals surface area contributed by atoms with Crippen LogP contribution in [0.4, 0.5) is 16.3 Å². The van der Waals surface area contributed by atoms with E-state index in [2.05, 4.69) is 15.7 Å². The molecule has 0 saturated carbocycles. The van der Waals surface area contributed by atoms with Crippen molar-refractivity contribution in [2.45, 2.75) is 13.3 Å². The number of carbonyl (C=O) groups is 1. The SMILES string of the molecule is Bc1cnn2c(NCCCN(C)C(=O)Nc3ccccc3C)cc(-c3ccccc3Cl)nc12. The van der Waals surface area contributed by atoms with Gasteiger partial charge in [0, 0.05) is 48.7 Å². The largest absolute Gasteiger partial charge is 0.370 e. The van der Waals surface area contributed by atoms with Crippen LogP contribution in [0, 0.1) is 6.92 Å². The van der Waals surface area contributed by atoms with Crippen LogP contribution < -0.4 is 16.1 Å². The minimum atomic E-state index is -0.126. The van der Waals surface area contributed by atoms with Crippen molar-refractivity contribution in [1.29, 1.82) is 0 Å². The molecule has 4 aromatic rings. The van der Waals surface area contributed by atoms with Gasteiger partial charge in [-0.3, -0.25) is 0 Å². The minimum absolute atomic E-state index is 0.126. The Morgan fingerprint density at radius 2 is 1.94 bits per heavy atom. The quantitative estimate of drug-likeness (QED) is 0.326. The van der Waals surface area contributed by atoms with Crippen LogP contribution in [0.25, 0.3) is 16.9 Å². The molecule has 0 aliphatic rings. The number of hydrogen-bond donors (Lipinski definition) is 2. The number of urea groups is 1. The van der Waals surface area contributed by atoms with Crippen molar-refractivity contribution in [2.75, 3.05) is 30.8 Å². The monoisotopic (exact) mass is 460 g/mol. The molecular weight excluding hydrogens is 435 g/mol. The molecule has 2 aromatic carbocycles. The lowest BCUT2D eigenvalue weighted by Crippen LogP contribution is -2.33. The molecule has 168 valence electrons. The molecule has 2 aromatic heterocycles. The number of carbonyl (C=O) groups excluding carboxylic acids is 1. The Morgan fingerprint density at radius 1 is 1.18 bits per heavy atom. The van der Waals surface area contributed by atoms with Gasteiger partial charge in [-0.2, -0.15) is 9.61 Å². The highest BCUT2D eigenvalue weighted by Crippen LogP contribution is 2.28. The van der Waals surface area contributed by atoms with E-state index < -0.39 is 0 Å². The lowest BCUT2D eigenvalue weighted by atomic mass is 10.0. The number of halogens is 1. The number of hydrogen-bond acceptors (Lipinski definition) is 4. The first-order valence-electron chi connectivity index (χ1n) is 10.9. The molecule has 4 rings (SSSR count). The van der Waals surface area contributed by atoms with Crippen molar-refractivity contribution in [1.82, 2.24) is 19.5 Å². The second-order valence-electron chi connectivity index (χ2n) is 8.02. The highest BCUT2D eigenvalue weighted by atomic mass is 35.5. The third-order valence-electron chi connectivity index (χ3n) is 5.51. The Kier molecular flexibility index (Phi) is 6.84. The number of para-hydroxylation sites is 1. The number of fused-ring (bicyclic) bond motifs is 1. The summed E-state index contributed by atoms with van der Waals surface area (Å²) in [6, 6.07) is 17.2. The average molecular weight is 461 g/mol. The van der Waals surface area contributed by atoms with E-state index in [0.717, 1.165) is 45.9 Å². The normalized spacial score (nSPS) is 10.9.